The van der Waals surface area contributed by atoms with Gasteiger partial charge in [0.25, 0.3) is 0 Å². The van der Waals surface area contributed by atoms with Gasteiger partial charge < -0.3 is 15.0 Å². The lowest BCUT2D eigenvalue weighted by Gasteiger charge is -2.26. The monoisotopic (exact) mass is 393 g/mol. The van der Waals surface area contributed by atoms with Gasteiger partial charge in [-0.25, -0.2) is 4.39 Å². The van der Waals surface area contributed by atoms with E-state index in [0.717, 1.165) is 36.2 Å². The van der Waals surface area contributed by atoms with E-state index in [9.17, 15) is 9.18 Å². The first-order valence-corrected chi connectivity index (χ1v) is 9.75. The fourth-order valence-corrected chi connectivity index (χ4v) is 3.69. The van der Waals surface area contributed by atoms with Gasteiger partial charge in [-0.1, -0.05) is 18.2 Å². The lowest BCUT2D eigenvalue weighted by Crippen LogP contribution is -2.31. The number of fused-ring (bicyclic) bond motifs is 1. The molecule has 6 heteroatoms. The van der Waals surface area contributed by atoms with Crippen LogP contribution in [0.1, 0.15) is 18.4 Å². The molecular formula is C23H24FN3O2. The topological polar surface area (TPSA) is 57.4 Å². The molecule has 1 aromatic heterocycles. The number of hydrogen-bond acceptors (Lipinski definition) is 3. The average Bonchev–Trinajstić information content (AvgIpc) is 3.17. The quantitative estimate of drug-likeness (QED) is 0.651. The SMILES string of the molecule is COc1ccc2[nH]cc(C3=CCN(CCC(=O)Nc4ccccc4F)CC3)c2c1. The number of nitrogens with zero attached hydrogens (tertiary/aromatic N) is 1. The number of benzene rings is 2. The second kappa shape index (κ2) is 8.49. The first kappa shape index (κ1) is 19.2. The zero-order chi connectivity index (χ0) is 20.2. The van der Waals surface area contributed by atoms with Gasteiger partial charge in [-0.15, -0.1) is 0 Å². The minimum absolute atomic E-state index is 0.173. The number of methoxy groups -OCH3 is 1. The number of ether oxygens (including phenoxy) is 1. The second-order valence-electron chi connectivity index (χ2n) is 7.17. The predicted octanol–water partition coefficient (Wildman–Crippen LogP) is 4.43. The molecule has 0 unspecified atom stereocenters. The van der Waals surface area contributed by atoms with Crippen molar-refractivity contribution in [1.82, 2.24) is 9.88 Å². The van der Waals surface area contributed by atoms with Gasteiger partial charge in [-0.05, 0) is 42.3 Å². The second-order valence-corrected chi connectivity index (χ2v) is 7.17. The summed E-state index contributed by atoms with van der Waals surface area (Å²) in [5.74, 6) is 0.257. The van der Waals surface area contributed by atoms with Crippen molar-refractivity contribution in [3.63, 3.8) is 0 Å². The molecular weight excluding hydrogens is 369 g/mol. The fourth-order valence-electron chi connectivity index (χ4n) is 3.69. The summed E-state index contributed by atoms with van der Waals surface area (Å²) in [6.07, 6.45) is 5.52. The van der Waals surface area contributed by atoms with Crippen LogP contribution in [0.5, 0.6) is 5.75 Å². The summed E-state index contributed by atoms with van der Waals surface area (Å²) in [5.41, 5.74) is 3.83. The van der Waals surface area contributed by atoms with E-state index in [0.29, 0.717) is 13.0 Å². The van der Waals surface area contributed by atoms with Gasteiger partial charge in [0.2, 0.25) is 5.91 Å². The number of carbonyl (C=O) groups is 1. The highest BCUT2D eigenvalue weighted by molar-refractivity contribution is 5.94. The maximum atomic E-state index is 13.6. The zero-order valence-corrected chi connectivity index (χ0v) is 16.4. The predicted molar refractivity (Wildman–Crippen MR) is 114 cm³/mol. The molecule has 1 amide bonds. The smallest absolute Gasteiger partial charge is 0.225 e. The van der Waals surface area contributed by atoms with E-state index in [1.807, 2.05) is 18.3 Å². The standard InChI is InChI=1S/C23H24FN3O2/c1-29-17-6-7-21-18(14-17)19(15-25-21)16-8-11-27(12-9-16)13-10-23(28)26-22-5-3-2-4-20(22)24/h2-8,14-15,25H,9-13H2,1H3,(H,26,28). The van der Waals surface area contributed by atoms with Crippen molar-refractivity contribution in [2.75, 3.05) is 32.1 Å². The molecule has 150 valence electrons. The van der Waals surface area contributed by atoms with Crippen molar-refractivity contribution in [2.24, 2.45) is 0 Å². The van der Waals surface area contributed by atoms with Crippen molar-refractivity contribution >= 4 is 28.1 Å². The first-order chi connectivity index (χ1) is 14.1. The highest BCUT2D eigenvalue weighted by Crippen LogP contribution is 2.31. The van der Waals surface area contributed by atoms with Crippen LogP contribution in [0, 0.1) is 5.82 Å². The average molecular weight is 393 g/mol. The minimum Gasteiger partial charge on any atom is -0.497 e. The van der Waals surface area contributed by atoms with Gasteiger partial charge in [0, 0.05) is 48.7 Å². The Morgan fingerprint density at radius 1 is 1.28 bits per heavy atom. The highest BCUT2D eigenvalue weighted by Gasteiger charge is 2.17. The third-order valence-electron chi connectivity index (χ3n) is 5.33. The highest BCUT2D eigenvalue weighted by atomic mass is 19.1. The Kier molecular flexibility index (Phi) is 5.62. The van der Waals surface area contributed by atoms with Crippen LogP contribution < -0.4 is 10.1 Å². The van der Waals surface area contributed by atoms with Crippen LogP contribution in [0.25, 0.3) is 16.5 Å². The van der Waals surface area contributed by atoms with E-state index in [1.54, 1.807) is 25.3 Å². The Balaban J connectivity index is 1.35. The number of amides is 1. The summed E-state index contributed by atoms with van der Waals surface area (Å²) in [5, 5.41) is 3.80. The van der Waals surface area contributed by atoms with Crippen molar-refractivity contribution in [3.05, 3.63) is 66.1 Å². The molecule has 4 rings (SSSR count). The normalized spacial score (nSPS) is 14.6. The number of aromatic amines is 1. The molecule has 0 radical (unpaired) electrons. The number of halogens is 1. The third-order valence-corrected chi connectivity index (χ3v) is 5.33. The summed E-state index contributed by atoms with van der Waals surface area (Å²) in [6, 6.07) is 12.3. The number of aromatic nitrogens is 1. The van der Waals surface area contributed by atoms with Gasteiger partial charge in [-0.3, -0.25) is 9.69 Å². The van der Waals surface area contributed by atoms with Gasteiger partial charge in [0.05, 0.1) is 12.8 Å². The maximum absolute atomic E-state index is 13.6. The van der Waals surface area contributed by atoms with Crippen LogP contribution in [-0.4, -0.2) is 42.5 Å². The molecule has 2 N–H and O–H groups in total. The molecule has 0 aliphatic carbocycles. The summed E-state index contributed by atoms with van der Waals surface area (Å²) < 4.78 is 19.0. The number of nitrogens with one attached hydrogen (secondary N) is 2. The molecule has 3 aromatic rings. The maximum Gasteiger partial charge on any atom is 0.225 e. The molecule has 29 heavy (non-hydrogen) atoms. The minimum atomic E-state index is -0.415. The fraction of sp³-hybridized carbons (Fsp3) is 0.261. The molecule has 0 saturated carbocycles. The number of carbonyl (C=O) groups excluding carboxylic acids is 1. The molecule has 2 heterocycles. The van der Waals surface area contributed by atoms with E-state index in [4.69, 9.17) is 4.74 Å². The van der Waals surface area contributed by atoms with Gasteiger partial charge in [-0.2, -0.15) is 0 Å². The van der Waals surface area contributed by atoms with E-state index in [1.165, 1.54) is 17.2 Å². The van der Waals surface area contributed by atoms with Gasteiger partial charge >= 0.3 is 0 Å². The van der Waals surface area contributed by atoms with Crippen molar-refractivity contribution in [2.45, 2.75) is 12.8 Å². The molecule has 1 aliphatic heterocycles. The molecule has 5 nitrogen and oxygen atoms in total. The summed E-state index contributed by atoms with van der Waals surface area (Å²) in [6.45, 7) is 2.32. The Hall–Kier alpha value is -3.12. The van der Waals surface area contributed by atoms with E-state index >= 15 is 0 Å². The molecule has 0 bridgehead atoms. The lowest BCUT2D eigenvalue weighted by molar-refractivity contribution is -0.116. The number of anilines is 1. The molecule has 0 spiro atoms. The van der Waals surface area contributed by atoms with E-state index < -0.39 is 5.82 Å². The third kappa shape index (κ3) is 4.32. The van der Waals surface area contributed by atoms with E-state index in [2.05, 4.69) is 27.3 Å². The molecule has 0 atom stereocenters. The zero-order valence-electron chi connectivity index (χ0n) is 16.4. The summed E-state index contributed by atoms with van der Waals surface area (Å²) >= 11 is 0. The molecule has 1 aliphatic rings. The lowest BCUT2D eigenvalue weighted by atomic mass is 9.98. The number of hydrogen-bond donors (Lipinski definition) is 2. The Labute approximate surface area is 169 Å². The van der Waals surface area contributed by atoms with Crippen LogP contribution in [0.15, 0.2) is 54.7 Å². The summed E-state index contributed by atoms with van der Waals surface area (Å²) in [7, 11) is 1.67. The van der Waals surface area contributed by atoms with Gasteiger partial charge in [0.1, 0.15) is 11.6 Å². The van der Waals surface area contributed by atoms with Crippen molar-refractivity contribution < 1.29 is 13.9 Å². The number of para-hydroxylation sites is 1. The van der Waals surface area contributed by atoms with Crippen LogP contribution in [-0.2, 0) is 4.79 Å². The van der Waals surface area contributed by atoms with Gasteiger partial charge in [0.15, 0.2) is 0 Å². The van der Waals surface area contributed by atoms with Crippen LogP contribution in [0.3, 0.4) is 0 Å². The molecule has 0 saturated heterocycles. The van der Waals surface area contributed by atoms with Crippen LogP contribution in [0.2, 0.25) is 0 Å². The Bertz CT molecular complexity index is 1060. The first-order valence-electron chi connectivity index (χ1n) is 9.75. The molecule has 2 aromatic carbocycles. The molecule has 0 fully saturated rings. The van der Waals surface area contributed by atoms with Crippen molar-refractivity contribution in [3.8, 4) is 5.75 Å². The largest absolute Gasteiger partial charge is 0.497 e. The Morgan fingerprint density at radius 3 is 2.90 bits per heavy atom. The van der Waals surface area contributed by atoms with Crippen LogP contribution in [0.4, 0.5) is 10.1 Å². The van der Waals surface area contributed by atoms with E-state index in [-0.39, 0.29) is 11.6 Å². The van der Waals surface area contributed by atoms with Crippen LogP contribution >= 0.6 is 0 Å². The number of H-pyrrole nitrogens is 1. The summed E-state index contributed by atoms with van der Waals surface area (Å²) in [4.78, 5) is 17.7. The van der Waals surface area contributed by atoms with Crippen molar-refractivity contribution in [1.29, 1.82) is 0 Å². The Morgan fingerprint density at radius 2 is 2.14 bits per heavy atom. The number of rotatable bonds is 6.